The van der Waals surface area contributed by atoms with Crippen LogP contribution in [0.1, 0.15) is 23.1 Å². The second-order valence-electron chi connectivity index (χ2n) is 4.87. The predicted octanol–water partition coefficient (Wildman–Crippen LogP) is 2.83. The fourth-order valence-electron chi connectivity index (χ4n) is 2.05. The van der Waals surface area contributed by atoms with Crippen LogP contribution in [0.5, 0.6) is 0 Å². The topological polar surface area (TPSA) is 36.4 Å². The second kappa shape index (κ2) is 6.80. The molecule has 0 aliphatic heterocycles. The third-order valence-corrected chi connectivity index (χ3v) is 3.98. The average Bonchev–Trinajstić information content (AvgIpc) is 2.75. The highest BCUT2D eigenvalue weighted by molar-refractivity contribution is 7.10. The maximum absolute atomic E-state index is 9.64. The molecule has 4 heteroatoms. The van der Waals surface area contributed by atoms with Gasteiger partial charge in [-0.1, -0.05) is 6.07 Å². The molecule has 1 atom stereocenters. The number of aliphatic hydroxyl groups excluding tert-OH is 1. The molecule has 2 aromatic heterocycles. The Bertz CT molecular complexity index is 496. The first-order valence-electron chi connectivity index (χ1n) is 6.48. The molecule has 0 aromatic carbocycles. The molecule has 0 saturated heterocycles. The Balaban J connectivity index is 2.06. The highest BCUT2D eigenvalue weighted by Gasteiger charge is 2.12. The number of pyridine rings is 1. The average molecular weight is 276 g/mol. The van der Waals surface area contributed by atoms with Gasteiger partial charge in [-0.15, -0.1) is 11.3 Å². The van der Waals surface area contributed by atoms with Gasteiger partial charge >= 0.3 is 0 Å². The predicted molar refractivity (Wildman–Crippen MR) is 79.1 cm³/mol. The lowest BCUT2D eigenvalue weighted by atomic mass is 10.2. The molecule has 0 bridgehead atoms. The van der Waals surface area contributed by atoms with Gasteiger partial charge in [-0.25, -0.2) is 0 Å². The third kappa shape index (κ3) is 4.42. The van der Waals surface area contributed by atoms with E-state index >= 15 is 0 Å². The van der Waals surface area contributed by atoms with Crippen molar-refractivity contribution in [2.45, 2.75) is 33.0 Å². The molecular weight excluding hydrogens is 256 g/mol. The normalized spacial score (nSPS) is 12.8. The van der Waals surface area contributed by atoms with E-state index in [0.29, 0.717) is 6.54 Å². The maximum Gasteiger partial charge on any atom is 0.0639 e. The van der Waals surface area contributed by atoms with Crippen LogP contribution in [0.25, 0.3) is 0 Å². The minimum atomic E-state index is -0.330. The molecule has 0 fully saturated rings. The lowest BCUT2D eigenvalue weighted by Crippen LogP contribution is -2.30. The first kappa shape index (κ1) is 14.2. The molecule has 0 amide bonds. The van der Waals surface area contributed by atoms with E-state index in [1.807, 2.05) is 31.3 Å². The molecule has 1 N–H and O–H groups in total. The quantitative estimate of drug-likeness (QED) is 0.881. The molecule has 2 rings (SSSR count). The standard InChI is InChI=1S/C15H20N2OS/c1-12-6-8-19-15(12)11-17(9-13(2)18)10-14-5-3-4-7-16-14/h3-8,13,18H,9-11H2,1-2H3/t13-/m1/s1. The molecule has 0 spiro atoms. The summed E-state index contributed by atoms with van der Waals surface area (Å²) in [5, 5.41) is 11.8. The number of rotatable bonds is 6. The number of hydrogen-bond donors (Lipinski definition) is 1. The first-order valence-corrected chi connectivity index (χ1v) is 7.36. The molecule has 3 nitrogen and oxygen atoms in total. The van der Waals surface area contributed by atoms with Gasteiger partial charge in [0.25, 0.3) is 0 Å². The van der Waals surface area contributed by atoms with Crippen LogP contribution < -0.4 is 0 Å². The van der Waals surface area contributed by atoms with Gasteiger partial charge in [0.2, 0.25) is 0 Å². The lowest BCUT2D eigenvalue weighted by molar-refractivity contribution is 0.118. The molecule has 0 aliphatic rings. The van der Waals surface area contributed by atoms with Crippen molar-refractivity contribution >= 4 is 11.3 Å². The van der Waals surface area contributed by atoms with Crippen molar-refractivity contribution in [3.05, 3.63) is 52.0 Å². The van der Waals surface area contributed by atoms with Gasteiger partial charge in [-0.2, -0.15) is 0 Å². The third-order valence-electron chi connectivity index (χ3n) is 2.97. The zero-order chi connectivity index (χ0) is 13.7. The Morgan fingerprint density at radius 2 is 2.16 bits per heavy atom. The van der Waals surface area contributed by atoms with Gasteiger partial charge in [0, 0.05) is 30.7 Å². The summed E-state index contributed by atoms with van der Waals surface area (Å²) in [5.74, 6) is 0. The Morgan fingerprint density at radius 1 is 1.32 bits per heavy atom. The SMILES string of the molecule is Cc1ccsc1CN(Cc1ccccn1)C[C@@H](C)O. The monoisotopic (exact) mass is 276 g/mol. The Labute approximate surface area is 118 Å². The highest BCUT2D eigenvalue weighted by atomic mass is 32.1. The van der Waals surface area contributed by atoms with Crippen LogP contribution in [0.2, 0.25) is 0 Å². The molecular formula is C15H20N2OS. The Morgan fingerprint density at radius 3 is 2.74 bits per heavy atom. The molecule has 0 unspecified atom stereocenters. The minimum Gasteiger partial charge on any atom is -0.392 e. The molecule has 2 heterocycles. The molecule has 19 heavy (non-hydrogen) atoms. The number of nitrogens with zero attached hydrogens (tertiary/aromatic N) is 2. The molecule has 0 saturated carbocycles. The van der Waals surface area contributed by atoms with E-state index in [1.165, 1.54) is 10.4 Å². The Kier molecular flexibility index (Phi) is 5.07. The molecule has 2 aromatic rings. The zero-order valence-corrected chi connectivity index (χ0v) is 12.2. The summed E-state index contributed by atoms with van der Waals surface area (Å²) in [5.41, 5.74) is 2.36. The summed E-state index contributed by atoms with van der Waals surface area (Å²) in [7, 11) is 0. The van der Waals surface area contributed by atoms with Crippen molar-refractivity contribution < 1.29 is 5.11 Å². The molecule has 0 aliphatic carbocycles. The van der Waals surface area contributed by atoms with Crippen molar-refractivity contribution in [2.75, 3.05) is 6.54 Å². The van der Waals surface area contributed by atoms with Gasteiger partial charge in [0.15, 0.2) is 0 Å². The maximum atomic E-state index is 9.64. The van der Waals surface area contributed by atoms with Crippen LogP contribution in [-0.2, 0) is 13.1 Å². The van der Waals surface area contributed by atoms with Gasteiger partial charge in [-0.3, -0.25) is 9.88 Å². The first-order chi connectivity index (χ1) is 9.15. The number of hydrogen-bond acceptors (Lipinski definition) is 4. The lowest BCUT2D eigenvalue weighted by Gasteiger charge is -2.23. The van der Waals surface area contributed by atoms with Crippen molar-refractivity contribution in [1.82, 2.24) is 9.88 Å². The number of aryl methyl sites for hydroxylation is 1. The highest BCUT2D eigenvalue weighted by Crippen LogP contribution is 2.19. The van der Waals surface area contributed by atoms with Crippen LogP contribution in [0.3, 0.4) is 0 Å². The summed E-state index contributed by atoms with van der Waals surface area (Å²) in [6.07, 6.45) is 1.48. The van der Waals surface area contributed by atoms with Gasteiger partial charge < -0.3 is 5.11 Å². The van der Waals surface area contributed by atoms with Gasteiger partial charge in [0.1, 0.15) is 0 Å². The summed E-state index contributed by atoms with van der Waals surface area (Å²) in [6.45, 7) is 6.25. The summed E-state index contributed by atoms with van der Waals surface area (Å²) >= 11 is 1.77. The van der Waals surface area contributed by atoms with E-state index < -0.39 is 0 Å². The van der Waals surface area contributed by atoms with E-state index in [9.17, 15) is 5.11 Å². The second-order valence-corrected chi connectivity index (χ2v) is 5.87. The van der Waals surface area contributed by atoms with Gasteiger partial charge in [0.05, 0.1) is 11.8 Å². The van der Waals surface area contributed by atoms with E-state index in [0.717, 1.165) is 18.8 Å². The smallest absolute Gasteiger partial charge is 0.0639 e. The van der Waals surface area contributed by atoms with Crippen LogP contribution >= 0.6 is 11.3 Å². The fraction of sp³-hybridized carbons (Fsp3) is 0.400. The number of aromatic nitrogens is 1. The minimum absolute atomic E-state index is 0.330. The molecule has 0 radical (unpaired) electrons. The van der Waals surface area contributed by atoms with E-state index in [4.69, 9.17) is 0 Å². The van der Waals surface area contributed by atoms with Crippen LogP contribution in [0.15, 0.2) is 35.8 Å². The van der Waals surface area contributed by atoms with Crippen LogP contribution in [0.4, 0.5) is 0 Å². The van der Waals surface area contributed by atoms with E-state index in [-0.39, 0.29) is 6.10 Å². The van der Waals surface area contributed by atoms with Crippen molar-refractivity contribution in [3.8, 4) is 0 Å². The van der Waals surface area contributed by atoms with Crippen molar-refractivity contribution in [3.63, 3.8) is 0 Å². The van der Waals surface area contributed by atoms with Crippen LogP contribution in [0, 0.1) is 6.92 Å². The summed E-state index contributed by atoms with van der Waals surface area (Å²) < 4.78 is 0. The largest absolute Gasteiger partial charge is 0.392 e. The van der Waals surface area contributed by atoms with Crippen molar-refractivity contribution in [1.29, 1.82) is 0 Å². The Hall–Kier alpha value is -1.23. The zero-order valence-electron chi connectivity index (χ0n) is 11.4. The summed E-state index contributed by atoms with van der Waals surface area (Å²) in [6, 6.07) is 8.09. The van der Waals surface area contributed by atoms with Gasteiger partial charge in [-0.05, 0) is 43.0 Å². The van der Waals surface area contributed by atoms with E-state index in [2.05, 4.69) is 28.3 Å². The summed E-state index contributed by atoms with van der Waals surface area (Å²) in [4.78, 5) is 7.96. The number of thiophene rings is 1. The van der Waals surface area contributed by atoms with Crippen LogP contribution in [-0.4, -0.2) is 27.6 Å². The van der Waals surface area contributed by atoms with Crippen molar-refractivity contribution in [2.24, 2.45) is 0 Å². The molecule has 102 valence electrons. The number of aliphatic hydroxyl groups is 1. The van der Waals surface area contributed by atoms with E-state index in [1.54, 1.807) is 11.3 Å². The fourth-order valence-corrected chi connectivity index (χ4v) is 3.00.